The average Bonchev–Trinajstić information content (AvgIpc) is 3.20. The van der Waals surface area contributed by atoms with Crippen LogP contribution in [0.3, 0.4) is 0 Å². The number of ether oxygens (including phenoxy) is 2. The first-order valence-electron chi connectivity index (χ1n) is 7.92. The molecule has 0 bridgehead atoms. The SMILES string of the molecule is COc1ccc(-c2cc(=O)[nH][nH]2)cc1OC1Cc2ccccc2C1. The van der Waals surface area contributed by atoms with E-state index in [0.29, 0.717) is 11.5 Å². The van der Waals surface area contributed by atoms with Gasteiger partial charge in [-0.05, 0) is 29.3 Å². The second-order valence-corrected chi connectivity index (χ2v) is 5.95. The van der Waals surface area contributed by atoms with E-state index in [9.17, 15) is 4.79 Å². The molecule has 0 saturated carbocycles. The molecular weight excluding hydrogens is 304 g/mol. The van der Waals surface area contributed by atoms with Gasteiger partial charge in [0.15, 0.2) is 11.5 Å². The lowest BCUT2D eigenvalue weighted by molar-refractivity contribution is 0.204. The van der Waals surface area contributed by atoms with E-state index in [1.807, 2.05) is 18.2 Å². The first kappa shape index (κ1) is 14.6. The van der Waals surface area contributed by atoms with Crippen molar-refractivity contribution < 1.29 is 9.47 Å². The fraction of sp³-hybridized carbons (Fsp3) is 0.211. The summed E-state index contributed by atoms with van der Waals surface area (Å²) in [5, 5.41) is 5.41. The highest BCUT2D eigenvalue weighted by Crippen LogP contribution is 2.34. The minimum absolute atomic E-state index is 0.0943. The quantitative estimate of drug-likeness (QED) is 0.776. The summed E-state index contributed by atoms with van der Waals surface area (Å²) in [6, 6.07) is 15.6. The smallest absolute Gasteiger partial charge is 0.264 e. The molecule has 0 radical (unpaired) electrons. The average molecular weight is 322 g/mol. The fourth-order valence-electron chi connectivity index (χ4n) is 3.21. The Kier molecular flexibility index (Phi) is 3.61. The largest absolute Gasteiger partial charge is 0.493 e. The van der Waals surface area contributed by atoms with Crippen LogP contribution in [0.4, 0.5) is 0 Å². The molecule has 1 aliphatic rings. The number of methoxy groups -OCH3 is 1. The Morgan fingerprint density at radius 2 is 1.71 bits per heavy atom. The Morgan fingerprint density at radius 1 is 0.958 bits per heavy atom. The van der Waals surface area contributed by atoms with Crippen molar-refractivity contribution in [2.75, 3.05) is 7.11 Å². The third kappa shape index (κ3) is 2.69. The highest BCUT2D eigenvalue weighted by Gasteiger charge is 2.23. The predicted molar refractivity (Wildman–Crippen MR) is 91.7 cm³/mol. The summed E-state index contributed by atoms with van der Waals surface area (Å²) < 4.78 is 11.6. The maximum absolute atomic E-state index is 11.3. The molecule has 0 amide bonds. The third-order valence-corrected chi connectivity index (χ3v) is 4.38. The molecule has 1 aromatic heterocycles. The van der Waals surface area contributed by atoms with Crippen LogP contribution in [0.2, 0.25) is 0 Å². The number of H-pyrrole nitrogens is 2. The van der Waals surface area contributed by atoms with Crippen LogP contribution >= 0.6 is 0 Å². The van der Waals surface area contributed by atoms with E-state index in [2.05, 4.69) is 34.5 Å². The van der Waals surface area contributed by atoms with Gasteiger partial charge in [-0.2, -0.15) is 0 Å². The van der Waals surface area contributed by atoms with Crippen LogP contribution in [0.25, 0.3) is 11.3 Å². The summed E-state index contributed by atoms with van der Waals surface area (Å²) in [5.41, 5.74) is 4.12. The Hall–Kier alpha value is -2.95. The molecule has 1 aliphatic carbocycles. The van der Waals surface area contributed by atoms with Crippen LogP contribution in [-0.4, -0.2) is 23.4 Å². The van der Waals surface area contributed by atoms with Crippen molar-refractivity contribution in [1.82, 2.24) is 10.2 Å². The van der Waals surface area contributed by atoms with Crippen LogP contribution in [-0.2, 0) is 12.8 Å². The standard InChI is InChI=1S/C19H18N2O3/c1-23-17-7-6-14(16-11-19(22)21-20-16)10-18(17)24-15-8-12-4-2-3-5-13(12)9-15/h2-7,10-11,15H,8-9H2,1H3,(H2,20,21,22). The molecule has 3 aromatic rings. The van der Waals surface area contributed by atoms with Crippen molar-refractivity contribution in [2.45, 2.75) is 18.9 Å². The topological polar surface area (TPSA) is 67.1 Å². The summed E-state index contributed by atoms with van der Waals surface area (Å²) in [6.45, 7) is 0. The van der Waals surface area contributed by atoms with E-state index in [4.69, 9.17) is 9.47 Å². The first-order chi connectivity index (χ1) is 11.7. The molecule has 1 heterocycles. The molecule has 4 rings (SSSR count). The summed E-state index contributed by atoms with van der Waals surface area (Å²) in [6.07, 6.45) is 1.88. The molecule has 122 valence electrons. The molecule has 5 heteroatoms. The number of aromatic amines is 2. The van der Waals surface area contributed by atoms with Gasteiger partial charge in [-0.15, -0.1) is 0 Å². The molecule has 24 heavy (non-hydrogen) atoms. The van der Waals surface area contributed by atoms with E-state index in [1.54, 1.807) is 7.11 Å². The lowest BCUT2D eigenvalue weighted by atomic mass is 10.1. The minimum Gasteiger partial charge on any atom is -0.493 e. The molecule has 0 aliphatic heterocycles. The lowest BCUT2D eigenvalue weighted by Crippen LogP contribution is -2.16. The molecule has 0 unspecified atom stereocenters. The van der Waals surface area contributed by atoms with Crippen molar-refractivity contribution in [3.05, 3.63) is 70.0 Å². The van der Waals surface area contributed by atoms with Crippen LogP contribution in [0.15, 0.2) is 53.3 Å². The maximum Gasteiger partial charge on any atom is 0.264 e. The Labute approximate surface area is 139 Å². The molecule has 2 N–H and O–H groups in total. The molecule has 0 atom stereocenters. The zero-order valence-corrected chi connectivity index (χ0v) is 13.3. The zero-order valence-electron chi connectivity index (χ0n) is 13.3. The predicted octanol–water partition coefficient (Wildman–Crippen LogP) is 2.92. The second kappa shape index (κ2) is 5.92. The van der Waals surface area contributed by atoms with Gasteiger partial charge in [0.1, 0.15) is 6.10 Å². The minimum atomic E-state index is -0.158. The van der Waals surface area contributed by atoms with Crippen molar-refractivity contribution in [2.24, 2.45) is 0 Å². The molecule has 0 saturated heterocycles. The van der Waals surface area contributed by atoms with Gasteiger partial charge in [-0.1, -0.05) is 24.3 Å². The molecule has 0 fully saturated rings. The summed E-state index contributed by atoms with van der Waals surface area (Å²) >= 11 is 0. The third-order valence-electron chi connectivity index (χ3n) is 4.38. The van der Waals surface area contributed by atoms with Crippen molar-refractivity contribution in [3.63, 3.8) is 0 Å². The van der Waals surface area contributed by atoms with Crippen LogP contribution < -0.4 is 15.0 Å². The van der Waals surface area contributed by atoms with Crippen molar-refractivity contribution >= 4 is 0 Å². The highest BCUT2D eigenvalue weighted by atomic mass is 16.5. The Bertz CT molecular complexity index is 901. The number of rotatable bonds is 4. The van der Waals surface area contributed by atoms with E-state index < -0.39 is 0 Å². The number of nitrogens with one attached hydrogen (secondary N) is 2. The van der Waals surface area contributed by atoms with Gasteiger partial charge in [-0.3, -0.25) is 15.0 Å². The molecule has 0 spiro atoms. The van der Waals surface area contributed by atoms with E-state index in [0.717, 1.165) is 24.1 Å². The molecule has 5 nitrogen and oxygen atoms in total. The first-order valence-corrected chi connectivity index (χ1v) is 7.92. The van der Waals surface area contributed by atoms with Gasteiger partial charge in [0.2, 0.25) is 0 Å². The van der Waals surface area contributed by atoms with Gasteiger partial charge in [0.25, 0.3) is 5.56 Å². The molecular formula is C19H18N2O3. The van der Waals surface area contributed by atoms with Gasteiger partial charge < -0.3 is 9.47 Å². The van der Waals surface area contributed by atoms with Crippen LogP contribution in [0.1, 0.15) is 11.1 Å². The van der Waals surface area contributed by atoms with Crippen molar-refractivity contribution in [1.29, 1.82) is 0 Å². The van der Waals surface area contributed by atoms with Gasteiger partial charge in [0, 0.05) is 24.5 Å². The van der Waals surface area contributed by atoms with Crippen LogP contribution in [0, 0.1) is 0 Å². The summed E-state index contributed by atoms with van der Waals surface area (Å²) in [4.78, 5) is 11.3. The Balaban J connectivity index is 1.61. The van der Waals surface area contributed by atoms with Gasteiger partial charge >= 0.3 is 0 Å². The fourth-order valence-corrected chi connectivity index (χ4v) is 3.21. The van der Waals surface area contributed by atoms with E-state index in [1.165, 1.54) is 17.2 Å². The number of hydrogen-bond acceptors (Lipinski definition) is 3. The number of benzene rings is 2. The van der Waals surface area contributed by atoms with Gasteiger partial charge in [0.05, 0.1) is 12.8 Å². The lowest BCUT2D eigenvalue weighted by Gasteiger charge is -2.16. The van der Waals surface area contributed by atoms with E-state index in [-0.39, 0.29) is 11.7 Å². The second-order valence-electron chi connectivity index (χ2n) is 5.95. The van der Waals surface area contributed by atoms with E-state index >= 15 is 0 Å². The normalized spacial score (nSPS) is 13.7. The highest BCUT2D eigenvalue weighted by molar-refractivity contribution is 5.63. The Morgan fingerprint density at radius 3 is 2.33 bits per heavy atom. The van der Waals surface area contributed by atoms with Crippen LogP contribution in [0.5, 0.6) is 11.5 Å². The zero-order chi connectivity index (χ0) is 16.5. The van der Waals surface area contributed by atoms with Crippen molar-refractivity contribution in [3.8, 4) is 22.8 Å². The monoisotopic (exact) mass is 322 g/mol. The van der Waals surface area contributed by atoms with Gasteiger partial charge in [-0.25, -0.2) is 0 Å². The number of aromatic nitrogens is 2. The number of fused-ring (bicyclic) bond motifs is 1. The number of hydrogen-bond donors (Lipinski definition) is 2. The summed E-state index contributed by atoms with van der Waals surface area (Å²) in [5.74, 6) is 1.38. The summed E-state index contributed by atoms with van der Waals surface area (Å²) in [7, 11) is 1.63. The molecule has 2 aromatic carbocycles. The maximum atomic E-state index is 11.3.